The second-order valence-corrected chi connectivity index (χ2v) is 6.27. The van der Waals surface area contributed by atoms with E-state index in [1.165, 1.54) is 6.20 Å². The Bertz CT molecular complexity index is 927. The molecule has 3 aromatic rings. The van der Waals surface area contributed by atoms with E-state index in [9.17, 15) is 4.79 Å². The maximum atomic E-state index is 11.7. The number of aromatic nitrogens is 1. The summed E-state index contributed by atoms with van der Waals surface area (Å²) in [6, 6.07) is 19.2. The summed E-state index contributed by atoms with van der Waals surface area (Å²) >= 11 is 0. The fourth-order valence-corrected chi connectivity index (χ4v) is 2.70. The Morgan fingerprint density at radius 3 is 2.52 bits per heavy atom. The molecule has 0 aliphatic rings. The monoisotopic (exact) mass is 392 g/mol. The molecule has 0 atom stereocenters. The Morgan fingerprint density at radius 1 is 1.00 bits per heavy atom. The molecule has 0 aliphatic heterocycles. The summed E-state index contributed by atoms with van der Waals surface area (Å²) in [6.07, 6.45) is 1.50. The van der Waals surface area contributed by atoms with Crippen molar-refractivity contribution in [3.05, 3.63) is 83.6 Å². The van der Waals surface area contributed by atoms with Crippen LogP contribution in [0.25, 0.3) is 0 Å². The molecule has 6 heteroatoms. The Kier molecular flexibility index (Phi) is 7.05. The highest BCUT2D eigenvalue weighted by Gasteiger charge is 2.08. The lowest BCUT2D eigenvalue weighted by Gasteiger charge is -2.13. The molecule has 29 heavy (non-hydrogen) atoms. The maximum Gasteiger partial charge on any atom is 0.339 e. The number of pyridine rings is 1. The third kappa shape index (κ3) is 5.72. The predicted molar refractivity (Wildman–Crippen MR) is 111 cm³/mol. The van der Waals surface area contributed by atoms with Crippen LogP contribution in [0.3, 0.4) is 0 Å². The molecule has 0 saturated heterocycles. The summed E-state index contributed by atoms with van der Waals surface area (Å²) in [5, 5.41) is 3.23. The van der Waals surface area contributed by atoms with Gasteiger partial charge in [0, 0.05) is 12.7 Å². The molecule has 150 valence electrons. The minimum absolute atomic E-state index is 0.339. The van der Waals surface area contributed by atoms with E-state index in [0.29, 0.717) is 42.6 Å². The van der Waals surface area contributed by atoms with E-state index in [1.54, 1.807) is 26.2 Å². The van der Waals surface area contributed by atoms with Gasteiger partial charge in [0.15, 0.2) is 11.5 Å². The lowest BCUT2D eigenvalue weighted by Crippen LogP contribution is -2.06. The van der Waals surface area contributed by atoms with Crippen LogP contribution < -0.4 is 14.8 Å². The second-order valence-electron chi connectivity index (χ2n) is 6.27. The van der Waals surface area contributed by atoms with E-state index < -0.39 is 0 Å². The number of nitrogens with one attached hydrogen (secondary N) is 1. The molecule has 0 unspecified atom stereocenters. The summed E-state index contributed by atoms with van der Waals surface area (Å²) in [4.78, 5) is 15.9. The average Bonchev–Trinajstić information content (AvgIpc) is 2.77. The van der Waals surface area contributed by atoms with E-state index >= 15 is 0 Å². The van der Waals surface area contributed by atoms with Crippen LogP contribution in [0.1, 0.15) is 28.4 Å². The van der Waals surface area contributed by atoms with Crippen LogP contribution in [0.2, 0.25) is 0 Å². The summed E-state index contributed by atoms with van der Waals surface area (Å²) in [6.45, 7) is 3.14. The van der Waals surface area contributed by atoms with Gasteiger partial charge in [-0.3, -0.25) is 0 Å². The van der Waals surface area contributed by atoms with Gasteiger partial charge in [-0.15, -0.1) is 0 Å². The molecule has 0 aliphatic carbocycles. The molecule has 3 rings (SSSR count). The Morgan fingerprint density at radius 2 is 1.83 bits per heavy atom. The maximum absolute atomic E-state index is 11.7. The van der Waals surface area contributed by atoms with Gasteiger partial charge in [0.1, 0.15) is 12.4 Å². The minimum atomic E-state index is -0.373. The van der Waals surface area contributed by atoms with Gasteiger partial charge in [-0.25, -0.2) is 9.78 Å². The first-order chi connectivity index (χ1) is 14.2. The highest BCUT2D eigenvalue weighted by Crippen LogP contribution is 2.29. The van der Waals surface area contributed by atoms with Crippen molar-refractivity contribution in [2.45, 2.75) is 20.1 Å². The SMILES string of the molecule is CCOC(=O)c1ccc(NCc2ccc(OCc3ccccc3)c(OC)c2)nc1. The number of ether oxygens (including phenoxy) is 3. The van der Waals surface area contributed by atoms with Gasteiger partial charge >= 0.3 is 5.97 Å². The predicted octanol–water partition coefficient (Wildman–Crippen LogP) is 4.46. The number of anilines is 1. The highest BCUT2D eigenvalue weighted by molar-refractivity contribution is 5.89. The van der Waals surface area contributed by atoms with Crippen molar-refractivity contribution in [3.8, 4) is 11.5 Å². The Labute approximate surface area is 170 Å². The molecule has 0 amide bonds. The van der Waals surface area contributed by atoms with Crippen molar-refractivity contribution in [2.24, 2.45) is 0 Å². The molecule has 1 heterocycles. The quantitative estimate of drug-likeness (QED) is 0.542. The zero-order valence-electron chi connectivity index (χ0n) is 16.6. The number of nitrogens with zero attached hydrogens (tertiary/aromatic N) is 1. The van der Waals surface area contributed by atoms with Crippen molar-refractivity contribution < 1.29 is 19.0 Å². The zero-order chi connectivity index (χ0) is 20.5. The van der Waals surface area contributed by atoms with Crippen molar-refractivity contribution in [1.82, 2.24) is 4.98 Å². The lowest BCUT2D eigenvalue weighted by molar-refractivity contribution is 0.0526. The van der Waals surface area contributed by atoms with Gasteiger partial charge in [0.2, 0.25) is 0 Å². The molecule has 2 aromatic carbocycles. The zero-order valence-corrected chi connectivity index (χ0v) is 16.6. The third-order valence-electron chi connectivity index (χ3n) is 4.21. The van der Waals surface area contributed by atoms with Gasteiger partial charge in [0.25, 0.3) is 0 Å². The molecule has 6 nitrogen and oxygen atoms in total. The first-order valence-corrected chi connectivity index (χ1v) is 9.40. The van der Waals surface area contributed by atoms with Crippen LogP contribution in [0.4, 0.5) is 5.82 Å². The number of carbonyl (C=O) groups is 1. The minimum Gasteiger partial charge on any atom is -0.493 e. The third-order valence-corrected chi connectivity index (χ3v) is 4.21. The molecule has 1 N–H and O–H groups in total. The number of rotatable bonds is 9. The topological polar surface area (TPSA) is 69.7 Å². The number of benzene rings is 2. The fourth-order valence-electron chi connectivity index (χ4n) is 2.70. The van der Waals surface area contributed by atoms with Crippen molar-refractivity contribution >= 4 is 11.8 Å². The van der Waals surface area contributed by atoms with Gasteiger partial charge in [-0.05, 0) is 42.3 Å². The normalized spacial score (nSPS) is 10.3. The molecule has 0 radical (unpaired) electrons. The number of methoxy groups -OCH3 is 1. The van der Waals surface area contributed by atoms with E-state index in [1.807, 2.05) is 48.5 Å². The van der Waals surface area contributed by atoms with E-state index in [0.717, 1.165) is 11.1 Å². The fraction of sp³-hybridized carbons (Fsp3) is 0.217. The molecule has 0 bridgehead atoms. The number of hydrogen-bond acceptors (Lipinski definition) is 6. The van der Waals surface area contributed by atoms with Crippen molar-refractivity contribution in [1.29, 1.82) is 0 Å². The molecule has 0 fully saturated rings. The van der Waals surface area contributed by atoms with Crippen LogP contribution in [-0.4, -0.2) is 24.7 Å². The van der Waals surface area contributed by atoms with E-state index in [2.05, 4.69) is 10.3 Å². The van der Waals surface area contributed by atoms with Crippen LogP contribution >= 0.6 is 0 Å². The summed E-state index contributed by atoms with van der Waals surface area (Å²) < 4.78 is 16.3. The van der Waals surface area contributed by atoms with Gasteiger partial charge in [0.05, 0.1) is 19.3 Å². The van der Waals surface area contributed by atoms with E-state index in [4.69, 9.17) is 14.2 Å². The number of hydrogen-bond donors (Lipinski definition) is 1. The van der Waals surface area contributed by atoms with Crippen molar-refractivity contribution in [3.63, 3.8) is 0 Å². The summed E-state index contributed by atoms with van der Waals surface area (Å²) in [7, 11) is 1.62. The highest BCUT2D eigenvalue weighted by atomic mass is 16.5. The summed E-state index contributed by atoms with van der Waals surface area (Å²) in [5.41, 5.74) is 2.54. The largest absolute Gasteiger partial charge is 0.493 e. The Balaban J connectivity index is 1.59. The van der Waals surface area contributed by atoms with Gasteiger partial charge in [-0.1, -0.05) is 36.4 Å². The van der Waals surface area contributed by atoms with Gasteiger partial charge < -0.3 is 19.5 Å². The van der Waals surface area contributed by atoms with Crippen molar-refractivity contribution in [2.75, 3.05) is 19.0 Å². The number of carbonyl (C=O) groups excluding carboxylic acids is 1. The van der Waals surface area contributed by atoms with Crippen LogP contribution in [-0.2, 0) is 17.9 Å². The van der Waals surface area contributed by atoms with Crippen LogP contribution in [0.5, 0.6) is 11.5 Å². The molecule has 0 spiro atoms. The number of esters is 1. The summed E-state index contributed by atoms with van der Waals surface area (Å²) in [5.74, 6) is 1.66. The van der Waals surface area contributed by atoms with E-state index in [-0.39, 0.29) is 5.97 Å². The standard InChI is InChI=1S/C23H24N2O4/c1-3-28-23(26)19-10-12-22(25-15-19)24-14-18-9-11-20(21(13-18)27-2)29-16-17-7-5-4-6-8-17/h4-13,15H,3,14,16H2,1-2H3,(H,24,25). The molecular weight excluding hydrogens is 368 g/mol. The Hall–Kier alpha value is -3.54. The second kappa shape index (κ2) is 10.1. The van der Waals surface area contributed by atoms with Crippen LogP contribution in [0.15, 0.2) is 66.9 Å². The first kappa shape index (κ1) is 20.2. The first-order valence-electron chi connectivity index (χ1n) is 9.40. The molecular formula is C23H24N2O4. The molecule has 1 aromatic heterocycles. The van der Waals surface area contributed by atoms with Crippen LogP contribution in [0, 0.1) is 0 Å². The lowest BCUT2D eigenvalue weighted by atomic mass is 10.2. The molecule has 0 saturated carbocycles. The average molecular weight is 392 g/mol. The van der Waals surface area contributed by atoms with Gasteiger partial charge in [-0.2, -0.15) is 0 Å². The smallest absolute Gasteiger partial charge is 0.339 e.